The van der Waals surface area contributed by atoms with E-state index in [0.717, 1.165) is 0 Å². The zero-order valence-electron chi connectivity index (χ0n) is 7.83. The third-order valence-corrected chi connectivity index (χ3v) is 1.97. The van der Waals surface area contributed by atoms with Crippen molar-refractivity contribution in [2.24, 2.45) is 0 Å². The van der Waals surface area contributed by atoms with Crippen LogP contribution in [0.4, 0.5) is 0 Å². The van der Waals surface area contributed by atoms with Crippen molar-refractivity contribution < 1.29 is 9.90 Å². The van der Waals surface area contributed by atoms with Gasteiger partial charge in [-0.25, -0.2) is 0 Å². The topological polar surface area (TPSA) is 49.3 Å². The summed E-state index contributed by atoms with van der Waals surface area (Å²) in [6, 6.07) is 6.42. The van der Waals surface area contributed by atoms with Gasteiger partial charge in [-0.1, -0.05) is 17.7 Å². The highest BCUT2D eigenvalue weighted by Gasteiger charge is 2.08. The molecule has 1 aromatic rings. The number of halogens is 1. The summed E-state index contributed by atoms with van der Waals surface area (Å²) in [4.78, 5) is 11.5. The number of aliphatic hydroxyl groups excluding tert-OH is 1. The van der Waals surface area contributed by atoms with Gasteiger partial charge >= 0.3 is 0 Å². The van der Waals surface area contributed by atoms with Gasteiger partial charge in [0.2, 0.25) is 0 Å². The summed E-state index contributed by atoms with van der Waals surface area (Å²) in [6.07, 6.45) is 0. The highest BCUT2D eigenvalue weighted by atomic mass is 35.5. The van der Waals surface area contributed by atoms with E-state index in [0.29, 0.717) is 10.6 Å². The van der Waals surface area contributed by atoms with E-state index in [-0.39, 0.29) is 18.6 Å². The van der Waals surface area contributed by atoms with Crippen LogP contribution in [-0.4, -0.2) is 23.7 Å². The van der Waals surface area contributed by atoms with E-state index in [2.05, 4.69) is 5.32 Å². The van der Waals surface area contributed by atoms with Gasteiger partial charge in [0.15, 0.2) is 0 Å². The molecule has 1 rings (SSSR count). The minimum atomic E-state index is -0.249. The maximum Gasteiger partial charge on any atom is 0.251 e. The van der Waals surface area contributed by atoms with Crippen LogP contribution in [0.3, 0.4) is 0 Å². The molecule has 0 aliphatic carbocycles. The van der Waals surface area contributed by atoms with Crippen LogP contribution in [0.2, 0.25) is 5.02 Å². The summed E-state index contributed by atoms with van der Waals surface area (Å²) in [5, 5.41) is 11.9. The molecule has 0 aliphatic heterocycles. The number of carbonyl (C=O) groups is 1. The second-order valence-corrected chi connectivity index (χ2v) is 3.50. The smallest absolute Gasteiger partial charge is 0.251 e. The van der Waals surface area contributed by atoms with E-state index in [1.807, 2.05) is 0 Å². The molecule has 14 heavy (non-hydrogen) atoms. The summed E-state index contributed by atoms with van der Waals surface area (Å²) in [7, 11) is 0. The van der Waals surface area contributed by atoms with Crippen molar-refractivity contribution in [1.82, 2.24) is 5.32 Å². The molecule has 4 heteroatoms. The number of aliphatic hydroxyl groups is 1. The van der Waals surface area contributed by atoms with Crippen molar-refractivity contribution in [3.05, 3.63) is 34.9 Å². The van der Waals surface area contributed by atoms with Crippen molar-refractivity contribution in [1.29, 1.82) is 0 Å². The number of amides is 1. The van der Waals surface area contributed by atoms with Crippen molar-refractivity contribution in [2.75, 3.05) is 6.61 Å². The fraction of sp³-hybridized carbons (Fsp3) is 0.300. The van der Waals surface area contributed by atoms with Crippen LogP contribution in [0, 0.1) is 0 Å². The van der Waals surface area contributed by atoms with E-state index in [1.165, 1.54) is 0 Å². The molecule has 1 aromatic carbocycles. The number of hydrogen-bond donors (Lipinski definition) is 2. The van der Waals surface area contributed by atoms with E-state index in [1.54, 1.807) is 31.2 Å². The molecular formula is C10H12ClNO2. The first-order chi connectivity index (χ1) is 6.63. The van der Waals surface area contributed by atoms with E-state index in [4.69, 9.17) is 16.7 Å². The predicted molar refractivity (Wildman–Crippen MR) is 55.5 cm³/mol. The lowest BCUT2D eigenvalue weighted by Gasteiger charge is -2.10. The van der Waals surface area contributed by atoms with Crippen LogP contribution in [0.5, 0.6) is 0 Å². The van der Waals surface area contributed by atoms with Crippen molar-refractivity contribution >= 4 is 17.5 Å². The number of benzene rings is 1. The fourth-order valence-corrected chi connectivity index (χ4v) is 1.17. The molecular weight excluding hydrogens is 202 g/mol. The van der Waals surface area contributed by atoms with E-state index >= 15 is 0 Å². The molecule has 0 heterocycles. The fourth-order valence-electron chi connectivity index (χ4n) is 0.982. The molecule has 0 spiro atoms. The number of rotatable bonds is 3. The Morgan fingerprint density at radius 1 is 1.64 bits per heavy atom. The summed E-state index contributed by atoms with van der Waals surface area (Å²) in [5.74, 6) is -0.228. The summed E-state index contributed by atoms with van der Waals surface area (Å²) < 4.78 is 0. The molecule has 0 radical (unpaired) electrons. The lowest BCUT2D eigenvalue weighted by atomic mass is 10.2. The van der Waals surface area contributed by atoms with Gasteiger partial charge < -0.3 is 10.4 Å². The van der Waals surface area contributed by atoms with Crippen LogP contribution in [0.15, 0.2) is 24.3 Å². The quantitative estimate of drug-likeness (QED) is 0.799. The minimum absolute atomic E-state index is 0.0771. The lowest BCUT2D eigenvalue weighted by Crippen LogP contribution is -2.34. The first-order valence-corrected chi connectivity index (χ1v) is 4.68. The lowest BCUT2D eigenvalue weighted by molar-refractivity contribution is 0.0922. The number of carbonyl (C=O) groups excluding carboxylic acids is 1. The third-order valence-electron chi connectivity index (χ3n) is 1.74. The summed E-state index contributed by atoms with van der Waals surface area (Å²) in [5.41, 5.74) is 0.498. The Hall–Kier alpha value is -1.06. The third kappa shape index (κ3) is 3.01. The maximum absolute atomic E-state index is 11.5. The van der Waals surface area contributed by atoms with Gasteiger partial charge in [-0.05, 0) is 25.1 Å². The molecule has 0 aromatic heterocycles. The standard InChI is InChI=1S/C10H12ClNO2/c1-7(6-13)12-10(14)8-3-2-4-9(11)5-8/h2-5,7,13H,6H2,1H3,(H,12,14)/t7-/m0/s1. The maximum atomic E-state index is 11.5. The van der Waals surface area contributed by atoms with Crippen LogP contribution < -0.4 is 5.32 Å². The molecule has 76 valence electrons. The van der Waals surface area contributed by atoms with Crippen LogP contribution >= 0.6 is 11.6 Å². The molecule has 0 saturated heterocycles. The summed E-state index contributed by atoms with van der Waals surface area (Å²) >= 11 is 5.73. The van der Waals surface area contributed by atoms with E-state index < -0.39 is 0 Å². The van der Waals surface area contributed by atoms with Crippen LogP contribution in [0.1, 0.15) is 17.3 Å². The Balaban J connectivity index is 2.70. The molecule has 0 aliphatic rings. The zero-order chi connectivity index (χ0) is 10.6. The average molecular weight is 214 g/mol. The normalized spacial score (nSPS) is 12.2. The molecule has 0 unspecified atom stereocenters. The predicted octanol–water partition coefficient (Wildman–Crippen LogP) is 1.45. The Bertz CT molecular complexity index is 328. The highest BCUT2D eigenvalue weighted by molar-refractivity contribution is 6.30. The van der Waals surface area contributed by atoms with Crippen LogP contribution in [0.25, 0.3) is 0 Å². The van der Waals surface area contributed by atoms with Gasteiger partial charge in [-0.2, -0.15) is 0 Å². The van der Waals surface area contributed by atoms with Crippen molar-refractivity contribution in [3.8, 4) is 0 Å². The number of hydrogen-bond acceptors (Lipinski definition) is 2. The first-order valence-electron chi connectivity index (χ1n) is 4.30. The van der Waals surface area contributed by atoms with Gasteiger partial charge in [0, 0.05) is 16.6 Å². The molecule has 1 amide bonds. The molecule has 0 fully saturated rings. The Morgan fingerprint density at radius 3 is 2.93 bits per heavy atom. The molecule has 1 atom stereocenters. The van der Waals surface area contributed by atoms with E-state index in [9.17, 15) is 4.79 Å². The largest absolute Gasteiger partial charge is 0.394 e. The molecule has 3 nitrogen and oxygen atoms in total. The average Bonchev–Trinajstić information content (AvgIpc) is 2.17. The molecule has 0 bridgehead atoms. The second-order valence-electron chi connectivity index (χ2n) is 3.07. The Morgan fingerprint density at radius 2 is 2.36 bits per heavy atom. The van der Waals surface area contributed by atoms with Gasteiger partial charge in [-0.3, -0.25) is 4.79 Å². The summed E-state index contributed by atoms with van der Waals surface area (Å²) in [6.45, 7) is 1.65. The second kappa shape index (κ2) is 4.98. The monoisotopic (exact) mass is 213 g/mol. The van der Waals surface area contributed by atoms with Gasteiger partial charge in [0.1, 0.15) is 0 Å². The van der Waals surface area contributed by atoms with Crippen molar-refractivity contribution in [3.63, 3.8) is 0 Å². The molecule has 2 N–H and O–H groups in total. The SMILES string of the molecule is C[C@@H](CO)NC(=O)c1cccc(Cl)c1. The van der Waals surface area contributed by atoms with Crippen LogP contribution in [-0.2, 0) is 0 Å². The minimum Gasteiger partial charge on any atom is -0.394 e. The van der Waals surface area contributed by atoms with Gasteiger partial charge in [0.25, 0.3) is 5.91 Å². The number of nitrogens with one attached hydrogen (secondary N) is 1. The van der Waals surface area contributed by atoms with Gasteiger partial charge in [-0.15, -0.1) is 0 Å². The first kappa shape index (κ1) is 11.0. The molecule has 0 saturated carbocycles. The Labute approximate surface area is 87.7 Å². The van der Waals surface area contributed by atoms with Crippen molar-refractivity contribution in [2.45, 2.75) is 13.0 Å². The Kier molecular flexibility index (Phi) is 3.92. The highest BCUT2D eigenvalue weighted by Crippen LogP contribution is 2.10. The zero-order valence-corrected chi connectivity index (χ0v) is 8.58. The van der Waals surface area contributed by atoms with Gasteiger partial charge in [0.05, 0.1) is 6.61 Å².